The SMILES string of the molecule is C=C(NCC)C1(C(C)(F)F)CCN(CC(C)(F)F)CC1.CCCc1cccc2c(-c3c(OC)cc(CCN4CCCC45CCC5)cc3OC)cccc12.O=CO. The number of ether oxygens (including phenoxy) is 2. The Morgan fingerprint density at radius 1 is 0.893 bits per heavy atom. The Hall–Kier alpha value is -3.83. The van der Waals surface area contributed by atoms with Crippen molar-refractivity contribution in [2.24, 2.45) is 5.41 Å². The summed E-state index contributed by atoms with van der Waals surface area (Å²) in [6.07, 6.45) is 10.5. The number of methoxy groups -OCH3 is 2. The van der Waals surface area contributed by atoms with E-state index >= 15 is 0 Å². The van der Waals surface area contributed by atoms with E-state index in [0.717, 1.165) is 56.7 Å². The zero-order chi connectivity index (χ0) is 41.1. The van der Waals surface area contributed by atoms with Crippen LogP contribution in [0.4, 0.5) is 17.6 Å². The van der Waals surface area contributed by atoms with Gasteiger partial charge in [0.25, 0.3) is 18.3 Å². The van der Waals surface area contributed by atoms with Gasteiger partial charge in [0, 0.05) is 38.2 Å². The Kier molecular flexibility index (Phi) is 15.7. The maximum absolute atomic E-state index is 14.0. The van der Waals surface area contributed by atoms with Crippen molar-refractivity contribution in [1.29, 1.82) is 0 Å². The van der Waals surface area contributed by atoms with Gasteiger partial charge in [-0.3, -0.25) is 14.6 Å². The van der Waals surface area contributed by atoms with Crippen LogP contribution in [0.3, 0.4) is 0 Å². The number of likely N-dealkylation sites (tertiary alicyclic amines) is 2. The highest BCUT2D eigenvalue weighted by atomic mass is 19.3. The van der Waals surface area contributed by atoms with Crippen LogP contribution in [0.25, 0.3) is 21.9 Å². The van der Waals surface area contributed by atoms with Crippen molar-refractivity contribution < 1.29 is 36.9 Å². The highest BCUT2D eigenvalue weighted by Gasteiger charge is 2.53. The molecule has 11 heteroatoms. The van der Waals surface area contributed by atoms with E-state index in [-0.39, 0.29) is 38.9 Å². The second kappa shape index (κ2) is 19.5. The Balaban J connectivity index is 0.000000260. The van der Waals surface area contributed by atoms with Crippen molar-refractivity contribution in [2.45, 2.75) is 109 Å². The first kappa shape index (κ1) is 44.9. The lowest BCUT2D eigenvalue weighted by Crippen LogP contribution is -2.53. The number of carboxylic acid groups (broad SMARTS) is 1. The lowest BCUT2D eigenvalue weighted by Gasteiger charge is -2.46. The molecule has 0 amide bonds. The number of nitrogens with one attached hydrogen (secondary N) is 1. The molecule has 0 aromatic heterocycles. The Labute approximate surface area is 331 Å². The van der Waals surface area contributed by atoms with Gasteiger partial charge >= 0.3 is 0 Å². The van der Waals surface area contributed by atoms with Crippen molar-refractivity contribution in [2.75, 3.05) is 53.5 Å². The molecule has 6 rings (SSSR count). The molecule has 310 valence electrons. The highest BCUT2D eigenvalue weighted by molar-refractivity contribution is 6.01. The molecule has 0 atom stereocenters. The average molecular weight is 786 g/mol. The van der Waals surface area contributed by atoms with Gasteiger partial charge in [-0.2, -0.15) is 0 Å². The van der Waals surface area contributed by atoms with Crippen molar-refractivity contribution in [3.8, 4) is 22.6 Å². The number of halogens is 4. The molecule has 1 saturated carbocycles. The van der Waals surface area contributed by atoms with Crippen LogP contribution in [0, 0.1) is 5.41 Å². The summed E-state index contributed by atoms with van der Waals surface area (Å²) in [5.41, 5.74) is 4.42. The van der Waals surface area contributed by atoms with Gasteiger partial charge in [0.05, 0.1) is 31.7 Å². The average Bonchev–Trinajstić information content (AvgIpc) is 3.59. The predicted octanol–water partition coefficient (Wildman–Crippen LogP) is 10.2. The smallest absolute Gasteiger partial charge is 0.290 e. The Bertz CT molecular complexity index is 1720. The minimum atomic E-state index is -2.92. The molecule has 2 aliphatic heterocycles. The van der Waals surface area contributed by atoms with Gasteiger partial charge in [0.2, 0.25) is 0 Å². The summed E-state index contributed by atoms with van der Waals surface area (Å²) in [4.78, 5) is 12.7. The zero-order valence-electron chi connectivity index (χ0n) is 34.3. The number of hydrogen-bond acceptors (Lipinski definition) is 6. The Morgan fingerprint density at radius 2 is 1.48 bits per heavy atom. The fourth-order valence-electron chi connectivity index (χ4n) is 9.09. The van der Waals surface area contributed by atoms with Crippen molar-refractivity contribution >= 4 is 17.2 Å². The quantitative estimate of drug-likeness (QED) is 0.125. The normalized spacial score (nSPS) is 17.9. The molecule has 7 nitrogen and oxygen atoms in total. The molecule has 0 radical (unpaired) electrons. The van der Waals surface area contributed by atoms with E-state index in [1.165, 1.54) is 66.1 Å². The number of alkyl halides is 4. The van der Waals surface area contributed by atoms with Crippen LogP contribution in [-0.2, 0) is 17.6 Å². The van der Waals surface area contributed by atoms with Crippen molar-refractivity contribution in [3.63, 3.8) is 0 Å². The van der Waals surface area contributed by atoms with E-state index in [0.29, 0.717) is 17.8 Å². The van der Waals surface area contributed by atoms with Gasteiger partial charge in [-0.25, -0.2) is 17.6 Å². The second-order valence-electron chi connectivity index (χ2n) is 15.8. The van der Waals surface area contributed by atoms with E-state index < -0.39 is 17.3 Å². The van der Waals surface area contributed by atoms with E-state index in [9.17, 15) is 17.6 Å². The second-order valence-corrected chi connectivity index (χ2v) is 15.8. The fraction of sp³-hybridized carbons (Fsp3) is 0.578. The third-order valence-electron chi connectivity index (χ3n) is 12.1. The number of rotatable bonds is 14. The standard InChI is InChI=1S/C30H37NO2.C14H24F4N2.CH2O2/c1-4-9-23-10-5-12-25-24(23)11-6-13-26(25)29-27(32-2)20-22(21-28(29)33-3)14-19-31-18-8-17-30(31)15-7-16-30;1-5-19-11(2)14(13(4,17)18)6-8-20(9-7-14)10-12(3,15)16;2-1-3/h5-6,10-13,20-21H,4,7-9,14-19H2,1-3H3;19H,2,5-10H2,1,3-4H3;1H,(H,2,3). The Morgan fingerprint density at radius 3 is 2.00 bits per heavy atom. The maximum atomic E-state index is 14.0. The van der Waals surface area contributed by atoms with Crippen molar-refractivity contribution in [1.82, 2.24) is 15.1 Å². The number of benzene rings is 3. The third-order valence-corrected chi connectivity index (χ3v) is 12.1. The number of piperidine rings is 1. The molecule has 2 N–H and O–H groups in total. The largest absolute Gasteiger partial charge is 0.496 e. The molecule has 3 fully saturated rings. The summed E-state index contributed by atoms with van der Waals surface area (Å²) in [7, 11) is 3.55. The monoisotopic (exact) mass is 785 g/mol. The number of aryl methyl sites for hydroxylation is 1. The molecule has 2 heterocycles. The highest BCUT2D eigenvalue weighted by Crippen LogP contribution is 2.50. The summed E-state index contributed by atoms with van der Waals surface area (Å²) in [6.45, 7) is 12.3. The number of carbonyl (C=O) groups is 1. The number of hydrogen-bond donors (Lipinski definition) is 2. The third kappa shape index (κ3) is 10.4. The van der Waals surface area contributed by atoms with Gasteiger partial charge in [0.15, 0.2) is 0 Å². The minimum Gasteiger partial charge on any atom is -0.496 e. The minimum absolute atomic E-state index is 0.137. The van der Waals surface area contributed by atoms with Crippen LogP contribution in [0.2, 0.25) is 0 Å². The lowest BCUT2D eigenvalue weighted by atomic mass is 9.71. The van der Waals surface area contributed by atoms with Crippen LogP contribution in [-0.4, -0.2) is 92.3 Å². The van der Waals surface area contributed by atoms with Crippen LogP contribution in [0.5, 0.6) is 11.5 Å². The van der Waals surface area contributed by atoms with Crippen LogP contribution in [0.15, 0.2) is 60.8 Å². The van der Waals surface area contributed by atoms with Gasteiger partial charge < -0.3 is 19.9 Å². The zero-order valence-corrected chi connectivity index (χ0v) is 34.3. The first-order chi connectivity index (χ1) is 26.6. The van der Waals surface area contributed by atoms with Crippen LogP contribution >= 0.6 is 0 Å². The fourth-order valence-corrected chi connectivity index (χ4v) is 9.09. The van der Waals surface area contributed by atoms with Crippen LogP contribution in [0.1, 0.15) is 90.2 Å². The summed E-state index contributed by atoms with van der Waals surface area (Å²) in [5, 5.41) is 12.4. The summed E-state index contributed by atoms with van der Waals surface area (Å²) >= 11 is 0. The molecular formula is C45H63F4N3O4. The molecule has 1 aliphatic carbocycles. The van der Waals surface area contributed by atoms with Gasteiger partial charge in [0.1, 0.15) is 11.5 Å². The van der Waals surface area contributed by atoms with E-state index in [1.54, 1.807) is 19.1 Å². The summed E-state index contributed by atoms with van der Waals surface area (Å²) in [6, 6.07) is 17.7. The summed E-state index contributed by atoms with van der Waals surface area (Å²) < 4.78 is 66.0. The van der Waals surface area contributed by atoms with Gasteiger partial charge in [-0.05, 0) is 124 Å². The van der Waals surface area contributed by atoms with Crippen LogP contribution < -0.4 is 14.8 Å². The van der Waals surface area contributed by atoms with Gasteiger partial charge in [-0.1, -0.05) is 56.3 Å². The molecule has 3 aliphatic rings. The van der Waals surface area contributed by atoms with Crippen molar-refractivity contribution in [3.05, 3.63) is 71.9 Å². The first-order valence-electron chi connectivity index (χ1n) is 20.1. The number of fused-ring (bicyclic) bond motifs is 1. The predicted molar refractivity (Wildman–Crippen MR) is 218 cm³/mol. The topological polar surface area (TPSA) is 74.3 Å². The molecule has 0 unspecified atom stereocenters. The number of allylic oxidation sites excluding steroid dienone is 1. The van der Waals surface area contributed by atoms with Gasteiger partial charge in [-0.15, -0.1) is 0 Å². The first-order valence-corrected chi connectivity index (χ1v) is 20.1. The molecule has 2 saturated heterocycles. The number of nitrogens with zero attached hydrogens (tertiary/aromatic N) is 2. The molecule has 3 aromatic carbocycles. The lowest BCUT2D eigenvalue weighted by molar-refractivity contribution is -0.123. The van der Waals surface area contributed by atoms with E-state index in [1.807, 2.05) is 6.92 Å². The maximum Gasteiger partial charge on any atom is 0.290 e. The molecule has 3 aromatic rings. The molecule has 0 bridgehead atoms. The van der Waals surface area contributed by atoms with E-state index in [2.05, 4.69) is 72.3 Å². The van der Waals surface area contributed by atoms with E-state index in [4.69, 9.17) is 19.4 Å². The molecular weight excluding hydrogens is 723 g/mol. The molecule has 56 heavy (non-hydrogen) atoms. The summed E-state index contributed by atoms with van der Waals surface area (Å²) in [5.74, 6) is -3.92. The molecule has 1 spiro atoms.